The summed E-state index contributed by atoms with van der Waals surface area (Å²) >= 11 is 0. The van der Waals surface area contributed by atoms with E-state index in [1.165, 1.54) is 11.1 Å². The van der Waals surface area contributed by atoms with Gasteiger partial charge in [0.05, 0.1) is 59.0 Å². The number of pyridine rings is 2. The summed E-state index contributed by atoms with van der Waals surface area (Å²) in [6.07, 6.45) is 12.4. The highest BCUT2D eigenvalue weighted by Crippen LogP contribution is 2.36. The Labute approximate surface area is 341 Å². The fraction of sp³-hybridized carbons (Fsp3) is 0.364. The number of hydrogen-bond donors (Lipinski definition) is 2. The predicted molar refractivity (Wildman–Crippen MR) is 227 cm³/mol. The average Bonchev–Trinajstić information content (AvgIpc) is 3.82. The minimum atomic E-state index is -0.0304. The molecular formula is C44H52N12O2. The number of carbonyl (C=O) groups is 2. The average molecular weight is 781 g/mol. The lowest BCUT2D eigenvalue weighted by molar-refractivity contribution is -0.118. The lowest BCUT2D eigenvalue weighted by Gasteiger charge is -2.36. The van der Waals surface area contributed by atoms with Crippen molar-refractivity contribution in [2.24, 2.45) is 25.9 Å². The van der Waals surface area contributed by atoms with Gasteiger partial charge in [0.15, 0.2) is 0 Å². The van der Waals surface area contributed by atoms with Gasteiger partial charge in [-0.2, -0.15) is 20.7 Å². The van der Waals surface area contributed by atoms with Crippen molar-refractivity contribution in [3.05, 3.63) is 108 Å². The van der Waals surface area contributed by atoms with Crippen molar-refractivity contribution < 1.29 is 12.4 Å². The number of nitrogens with one attached hydrogen (secondary N) is 2. The fourth-order valence-corrected chi connectivity index (χ4v) is 8.69. The number of piperidine rings is 2. The van der Waals surface area contributed by atoms with E-state index in [0.29, 0.717) is 59.3 Å². The number of rotatable bonds is 8. The van der Waals surface area contributed by atoms with E-state index in [0.717, 1.165) is 60.8 Å². The quantitative estimate of drug-likeness (QED) is 0.179. The third-order valence-corrected chi connectivity index (χ3v) is 10.9. The van der Waals surface area contributed by atoms with Gasteiger partial charge in [0.25, 0.3) is 0 Å². The number of nitriles is 2. The van der Waals surface area contributed by atoms with Gasteiger partial charge in [-0.25, -0.2) is 0 Å². The van der Waals surface area contributed by atoms with E-state index in [1.807, 2.05) is 50.5 Å². The van der Waals surface area contributed by atoms with E-state index < -0.39 is 0 Å². The number of amides is 2. The summed E-state index contributed by atoms with van der Waals surface area (Å²) in [5.74, 6) is 1.48. The molecule has 0 saturated carbocycles. The van der Waals surface area contributed by atoms with Crippen molar-refractivity contribution in [3.63, 3.8) is 0 Å². The zero-order chi connectivity index (χ0) is 40.8. The van der Waals surface area contributed by atoms with Crippen LogP contribution in [-0.4, -0.2) is 90.4 Å². The molecule has 2 N–H and O–H groups in total. The molecule has 6 aromatic rings. The molecule has 14 heteroatoms. The third-order valence-electron chi connectivity index (χ3n) is 10.9. The molecule has 2 aliphatic heterocycles. The maximum atomic E-state index is 12.5. The molecule has 0 bridgehead atoms. The van der Waals surface area contributed by atoms with Crippen LogP contribution in [0.2, 0.25) is 0 Å². The molecule has 6 heterocycles. The molecule has 2 fully saturated rings. The van der Waals surface area contributed by atoms with E-state index in [-0.39, 0.29) is 14.7 Å². The van der Waals surface area contributed by atoms with Crippen molar-refractivity contribution in [2.45, 2.75) is 38.5 Å². The Kier molecular flexibility index (Phi) is 12.2. The van der Waals surface area contributed by atoms with Crippen LogP contribution in [-0.2, 0) is 23.7 Å². The Morgan fingerprint density at radius 2 is 1.12 bits per heavy atom. The molecule has 4 atom stereocenters. The van der Waals surface area contributed by atoms with Gasteiger partial charge in [0, 0.05) is 78.7 Å². The second kappa shape index (κ2) is 17.8. The first-order valence-electron chi connectivity index (χ1n) is 19.6. The van der Waals surface area contributed by atoms with Gasteiger partial charge in [-0.05, 0) is 71.9 Å². The fourth-order valence-electron chi connectivity index (χ4n) is 8.69. The van der Waals surface area contributed by atoms with Crippen LogP contribution in [0.15, 0.2) is 85.7 Å². The number of nitrogens with zero attached hydrogens (tertiary/aromatic N) is 10. The standard InChI is InChI=1S/2C22H24N6O.2H2/c2*1-15-8-17(19-6-5-16(9-23)22-20(19)4-3-7-24-22)12-28(11-15)14-21(29)26-18-10-25-27(2)13-18;;/h2*3-7,10,13,15,17H,8,11-12,14H2,1-2H3,(H,26,29);2*1H/t15-,17+;15-,17-;;/m11../s1. The number of carbonyl (C=O) groups excluding carboxylic acids is 2. The van der Waals surface area contributed by atoms with Crippen LogP contribution in [0.4, 0.5) is 11.4 Å². The summed E-state index contributed by atoms with van der Waals surface area (Å²) in [5.41, 5.74) is 6.54. The summed E-state index contributed by atoms with van der Waals surface area (Å²) in [4.78, 5) is 38.3. The molecule has 0 radical (unpaired) electrons. The van der Waals surface area contributed by atoms with Crippen molar-refractivity contribution >= 4 is 45.0 Å². The first-order valence-corrected chi connectivity index (χ1v) is 19.6. The van der Waals surface area contributed by atoms with Gasteiger partial charge >= 0.3 is 0 Å². The van der Waals surface area contributed by atoms with Crippen molar-refractivity contribution in [3.8, 4) is 12.1 Å². The van der Waals surface area contributed by atoms with Gasteiger partial charge in [0.2, 0.25) is 11.8 Å². The summed E-state index contributed by atoms with van der Waals surface area (Å²) in [5, 5.41) is 34.8. The smallest absolute Gasteiger partial charge is 0.238 e. The molecule has 2 amide bonds. The van der Waals surface area contributed by atoms with Crippen LogP contribution in [0.25, 0.3) is 21.8 Å². The molecule has 14 nitrogen and oxygen atoms in total. The van der Waals surface area contributed by atoms with Crippen molar-refractivity contribution in [1.29, 1.82) is 10.5 Å². The van der Waals surface area contributed by atoms with Crippen molar-refractivity contribution in [1.82, 2.24) is 39.3 Å². The first kappa shape index (κ1) is 39.7. The topological polar surface area (TPSA) is 174 Å². The zero-order valence-electron chi connectivity index (χ0n) is 33.3. The van der Waals surface area contributed by atoms with E-state index in [2.05, 4.69) is 78.7 Å². The van der Waals surface area contributed by atoms with Crippen LogP contribution in [0.3, 0.4) is 0 Å². The monoisotopic (exact) mass is 780 g/mol. The predicted octanol–water partition coefficient (Wildman–Crippen LogP) is 6.30. The Bertz CT molecular complexity index is 2350. The van der Waals surface area contributed by atoms with Gasteiger partial charge in [-0.15, -0.1) is 0 Å². The van der Waals surface area contributed by atoms with E-state index in [9.17, 15) is 20.1 Å². The van der Waals surface area contributed by atoms with E-state index in [1.54, 1.807) is 46.5 Å². The van der Waals surface area contributed by atoms with Gasteiger partial charge in [-0.1, -0.05) is 38.1 Å². The third kappa shape index (κ3) is 9.37. The van der Waals surface area contributed by atoms with Crippen molar-refractivity contribution in [2.75, 3.05) is 49.9 Å². The molecule has 0 aliphatic carbocycles. The highest BCUT2D eigenvalue weighted by atomic mass is 16.2. The number of benzene rings is 2. The van der Waals surface area contributed by atoms with Crippen LogP contribution >= 0.6 is 0 Å². The number of likely N-dealkylation sites (tertiary alicyclic amines) is 2. The molecule has 0 spiro atoms. The normalized spacial score (nSPS) is 19.8. The van der Waals surface area contributed by atoms with E-state index >= 15 is 0 Å². The van der Waals surface area contributed by atoms with Crippen LogP contribution in [0.5, 0.6) is 0 Å². The molecule has 4 aromatic heterocycles. The molecule has 2 aromatic carbocycles. The summed E-state index contributed by atoms with van der Waals surface area (Å²) in [7, 11) is 3.65. The highest BCUT2D eigenvalue weighted by Gasteiger charge is 2.30. The summed E-state index contributed by atoms with van der Waals surface area (Å²) < 4.78 is 3.33. The summed E-state index contributed by atoms with van der Waals surface area (Å²) in [6, 6.07) is 20.2. The van der Waals surface area contributed by atoms with Gasteiger partial charge in [-0.3, -0.25) is 38.7 Å². The lowest BCUT2D eigenvalue weighted by atomic mass is 9.83. The first-order chi connectivity index (χ1) is 28.1. The van der Waals surface area contributed by atoms with Crippen LogP contribution in [0.1, 0.15) is 63.6 Å². The van der Waals surface area contributed by atoms with Gasteiger partial charge in [0.1, 0.15) is 12.1 Å². The maximum absolute atomic E-state index is 12.5. The van der Waals surface area contributed by atoms with Crippen LogP contribution < -0.4 is 10.6 Å². The molecule has 2 saturated heterocycles. The Balaban J connectivity index is 0.000000220. The lowest BCUT2D eigenvalue weighted by Crippen LogP contribution is -2.42. The molecule has 300 valence electrons. The molecule has 58 heavy (non-hydrogen) atoms. The number of hydrogen-bond acceptors (Lipinski definition) is 10. The second-order valence-corrected chi connectivity index (χ2v) is 15.8. The number of aromatic nitrogens is 6. The summed E-state index contributed by atoms with van der Waals surface area (Å²) in [6.45, 7) is 8.54. The van der Waals surface area contributed by atoms with Gasteiger partial charge < -0.3 is 10.6 Å². The largest absolute Gasteiger partial charge is 0.322 e. The SMILES string of the molecule is C[C@@H]1C[C@@H](c2ccc(C#N)c3ncccc23)CN(CC(=O)Nc2cnn(C)c2)C1.C[C@@H]1C[C@H](c2ccc(C#N)c3ncccc23)CN(CC(=O)Nc2cnn(C)c2)C1.[HH].[HH]. The Morgan fingerprint density at radius 3 is 1.50 bits per heavy atom. The number of aryl methyl sites for hydroxylation is 2. The minimum absolute atomic E-state index is 0. The molecule has 2 aliphatic rings. The van der Waals surface area contributed by atoms with Crippen LogP contribution in [0, 0.1) is 34.5 Å². The number of fused-ring (bicyclic) bond motifs is 2. The van der Waals surface area contributed by atoms with E-state index in [4.69, 9.17) is 0 Å². The second-order valence-electron chi connectivity index (χ2n) is 15.8. The maximum Gasteiger partial charge on any atom is 0.238 e. The minimum Gasteiger partial charge on any atom is -0.322 e. The Morgan fingerprint density at radius 1 is 0.690 bits per heavy atom. The zero-order valence-corrected chi connectivity index (χ0v) is 33.3. The molecular weight excluding hydrogens is 729 g/mol. The number of anilines is 2. The molecule has 0 unspecified atom stereocenters. The molecule has 8 rings (SSSR count). The highest BCUT2D eigenvalue weighted by molar-refractivity contribution is 5.93. The Hall–Kier alpha value is -6.48.